The van der Waals surface area contributed by atoms with Crippen molar-refractivity contribution in [2.24, 2.45) is 0 Å². The quantitative estimate of drug-likeness (QED) is 0.620. The summed E-state index contributed by atoms with van der Waals surface area (Å²) in [5.74, 6) is 0. The third kappa shape index (κ3) is 2.23. The van der Waals surface area contributed by atoms with E-state index in [1.807, 2.05) is 0 Å². The Balaban J connectivity index is 2.35. The summed E-state index contributed by atoms with van der Waals surface area (Å²) in [5, 5.41) is 13.3. The van der Waals surface area contributed by atoms with E-state index >= 15 is 0 Å². The minimum Gasteiger partial charge on any atom is -0.381 e. The van der Waals surface area contributed by atoms with Gasteiger partial charge in [0.1, 0.15) is 5.69 Å². The molecule has 0 aromatic carbocycles. The Labute approximate surface area is 97.5 Å². The van der Waals surface area contributed by atoms with Crippen molar-refractivity contribution in [3.63, 3.8) is 0 Å². The fraction of sp³-hybridized carbons (Fsp3) is 0.700. The van der Waals surface area contributed by atoms with Crippen molar-refractivity contribution >= 4 is 5.69 Å². The highest BCUT2D eigenvalue weighted by Gasteiger charge is 2.25. The smallest absolute Gasteiger partial charge is 0.355 e. The lowest BCUT2D eigenvalue weighted by Crippen LogP contribution is -2.14. The van der Waals surface area contributed by atoms with E-state index in [-0.39, 0.29) is 11.7 Å². The lowest BCUT2D eigenvalue weighted by Gasteiger charge is -2.16. The van der Waals surface area contributed by atoms with Gasteiger partial charge in [0.25, 0.3) is 0 Å². The largest absolute Gasteiger partial charge is 0.381 e. The molecule has 1 N–H and O–H groups in total. The Morgan fingerprint density at radius 3 is 2.88 bits per heavy atom. The summed E-state index contributed by atoms with van der Waals surface area (Å²) in [4.78, 5) is 21.6. The maximum atomic E-state index is 11.5. The first-order chi connectivity index (χ1) is 8.11. The zero-order valence-corrected chi connectivity index (χ0v) is 9.64. The van der Waals surface area contributed by atoms with Crippen LogP contribution in [0.5, 0.6) is 0 Å². The van der Waals surface area contributed by atoms with Crippen LogP contribution in [-0.4, -0.2) is 27.9 Å². The van der Waals surface area contributed by atoms with Crippen LogP contribution < -0.4 is 5.56 Å². The van der Waals surface area contributed by atoms with Crippen LogP contribution in [0, 0.1) is 17.0 Å². The van der Waals surface area contributed by atoms with E-state index < -0.39 is 10.5 Å². The predicted molar refractivity (Wildman–Crippen MR) is 60.2 cm³/mol. The van der Waals surface area contributed by atoms with Crippen molar-refractivity contribution in [1.82, 2.24) is 9.78 Å². The summed E-state index contributed by atoms with van der Waals surface area (Å²) in [7, 11) is 0. The molecule has 1 aliphatic heterocycles. The second-order valence-corrected chi connectivity index (χ2v) is 4.20. The van der Waals surface area contributed by atoms with E-state index in [0.717, 1.165) is 19.3 Å². The zero-order valence-electron chi connectivity index (χ0n) is 9.64. The number of H-pyrrole nitrogens is 1. The summed E-state index contributed by atoms with van der Waals surface area (Å²) in [6, 6.07) is 0.0823. The van der Waals surface area contributed by atoms with Gasteiger partial charge in [-0.15, -0.1) is 0 Å². The first-order valence-electron chi connectivity index (χ1n) is 5.64. The number of rotatable bonds is 2. The first kappa shape index (κ1) is 11.8. The predicted octanol–water partition coefficient (Wildman–Crippen LogP) is 1.13. The number of nitrogens with one attached hydrogen (secondary N) is 1. The van der Waals surface area contributed by atoms with Crippen LogP contribution in [0.4, 0.5) is 5.69 Å². The standard InChI is InChI=1S/C10H15N3O4/c1-7-9(13(15)16)10(14)11-12(7)8-3-2-5-17-6-4-8/h8H,2-6H2,1H3,(H,11,14). The van der Waals surface area contributed by atoms with Gasteiger partial charge >= 0.3 is 11.2 Å². The molecule has 1 atom stereocenters. The molecule has 2 rings (SSSR count). The average Bonchev–Trinajstić information content (AvgIpc) is 2.48. The topological polar surface area (TPSA) is 90.2 Å². The summed E-state index contributed by atoms with van der Waals surface area (Å²) in [6.45, 7) is 2.93. The van der Waals surface area contributed by atoms with Gasteiger partial charge in [-0.05, 0) is 26.2 Å². The molecule has 0 spiro atoms. The van der Waals surface area contributed by atoms with Crippen molar-refractivity contribution < 1.29 is 9.66 Å². The minimum absolute atomic E-state index is 0.0823. The van der Waals surface area contributed by atoms with Gasteiger partial charge in [0.05, 0.1) is 11.0 Å². The molecule has 17 heavy (non-hydrogen) atoms. The van der Waals surface area contributed by atoms with Crippen LogP contribution in [0.2, 0.25) is 0 Å². The van der Waals surface area contributed by atoms with Gasteiger partial charge in [-0.2, -0.15) is 0 Å². The van der Waals surface area contributed by atoms with Gasteiger partial charge in [0.2, 0.25) is 0 Å². The van der Waals surface area contributed by atoms with Crippen LogP contribution in [0.15, 0.2) is 4.79 Å². The van der Waals surface area contributed by atoms with Crippen molar-refractivity contribution in [3.05, 3.63) is 26.2 Å². The summed E-state index contributed by atoms with van der Waals surface area (Å²) >= 11 is 0. The number of hydrogen-bond acceptors (Lipinski definition) is 4. The summed E-state index contributed by atoms with van der Waals surface area (Å²) < 4.78 is 6.95. The Morgan fingerprint density at radius 1 is 1.47 bits per heavy atom. The maximum absolute atomic E-state index is 11.5. The van der Waals surface area contributed by atoms with Crippen LogP contribution in [0.25, 0.3) is 0 Å². The monoisotopic (exact) mass is 241 g/mol. The Morgan fingerprint density at radius 2 is 2.24 bits per heavy atom. The number of nitrogens with zero attached hydrogens (tertiary/aromatic N) is 2. The highest BCUT2D eigenvalue weighted by Crippen LogP contribution is 2.24. The van der Waals surface area contributed by atoms with Gasteiger partial charge in [-0.25, -0.2) is 0 Å². The lowest BCUT2D eigenvalue weighted by molar-refractivity contribution is -0.386. The molecule has 1 saturated heterocycles. The molecule has 0 radical (unpaired) electrons. The van der Waals surface area contributed by atoms with Crippen LogP contribution >= 0.6 is 0 Å². The SMILES string of the molecule is Cc1c([N+](=O)[O-])c(=O)[nH]n1C1CCCOCC1. The molecule has 1 aromatic heterocycles. The molecule has 0 aliphatic carbocycles. The highest BCUT2D eigenvalue weighted by atomic mass is 16.6. The van der Waals surface area contributed by atoms with Crippen LogP contribution in [0.3, 0.4) is 0 Å². The van der Waals surface area contributed by atoms with E-state index in [2.05, 4.69) is 5.10 Å². The molecule has 94 valence electrons. The second kappa shape index (κ2) is 4.70. The fourth-order valence-electron chi connectivity index (χ4n) is 2.25. The molecular weight excluding hydrogens is 226 g/mol. The Bertz CT molecular complexity index is 468. The average molecular weight is 241 g/mol. The molecule has 0 amide bonds. The van der Waals surface area contributed by atoms with Crippen molar-refractivity contribution in [1.29, 1.82) is 0 Å². The molecule has 0 bridgehead atoms. The molecule has 1 aromatic rings. The van der Waals surface area contributed by atoms with Crippen LogP contribution in [0.1, 0.15) is 31.0 Å². The maximum Gasteiger partial charge on any atom is 0.355 e. The van der Waals surface area contributed by atoms with Gasteiger partial charge in [-0.3, -0.25) is 24.7 Å². The molecular formula is C10H15N3O4. The van der Waals surface area contributed by atoms with Crippen LogP contribution in [-0.2, 0) is 4.74 Å². The van der Waals surface area contributed by atoms with Gasteiger partial charge in [0.15, 0.2) is 0 Å². The first-order valence-corrected chi connectivity index (χ1v) is 5.64. The lowest BCUT2D eigenvalue weighted by atomic mass is 10.1. The number of ether oxygens (including phenoxy) is 1. The van der Waals surface area contributed by atoms with Gasteiger partial charge in [-0.1, -0.05) is 0 Å². The van der Waals surface area contributed by atoms with Gasteiger partial charge < -0.3 is 4.74 Å². The second-order valence-electron chi connectivity index (χ2n) is 4.20. The van der Waals surface area contributed by atoms with E-state index in [0.29, 0.717) is 18.9 Å². The summed E-state index contributed by atoms with van der Waals surface area (Å²) in [5.41, 5.74) is -0.584. The summed E-state index contributed by atoms with van der Waals surface area (Å²) in [6.07, 6.45) is 2.53. The Hall–Kier alpha value is -1.63. The zero-order chi connectivity index (χ0) is 12.4. The Kier molecular flexibility index (Phi) is 3.28. The number of hydrogen-bond donors (Lipinski definition) is 1. The van der Waals surface area contributed by atoms with E-state index in [9.17, 15) is 14.9 Å². The molecule has 7 heteroatoms. The fourth-order valence-corrected chi connectivity index (χ4v) is 2.25. The van der Waals surface area contributed by atoms with E-state index in [4.69, 9.17) is 4.74 Å². The molecule has 7 nitrogen and oxygen atoms in total. The number of nitro groups is 1. The third-order valence-corrected chi connectivity index (χ3v) is 3.11. The van der Waals surface area contributed by atoms with E-state index in [1.54, 1.807) is 11.6 Å². The molecule has 2 heterocycles. The third-order valence-electron chi connectivity index (χ3n) is 3.11. The van der Waals surface area contributed by atoms with Crippen molar-refractivity contribution in [3.8, 4) is 0 Å². The highest BCUT2D eigenvalue weighted by molar-refractivity contribution is 5.32. The number of aromatic nitrogens is 2. The van der Waals surface area contributed by atoms with Crippen molar-refractivity contribution in [2.45, 2.75) is 32.2 Å². The van der Waals surface area contributed by atoms with Gasteiger partial charge in [0, 0.05) is 13.2 Å². The number of aromatic amines is 1. The molecule has 1 unspecified atom stereocenters. The normalized spacial score (nSPS) is 21.1. The minimum atomic E-state index is -0.627. The molecule has 1 aliphatic rings. The van der Waals surface area contributed by atoms with E-state index in [1.165, 1.54) is 0 Å². The van der Waals surface area contributed by atoms with Crippen molar-refractivity contribution in [2.75, 3.05) is 13.2 Å². The molecule has 1 fully saturated rings. The molecule has 0 saturated carbocycles.